The van der Waals surface area contributed by atoms with Crippen LogP contribution in [0.4, 0.5) is 10.1 Å². The first kappa shape index (κ1) is 29.0. The molecular formula is C25H24Cl2FN3O6S. The summed E-state index contributed by atoms with van der Waals surface area (Å²) in [4.78, 5) is 13.0. The topological polar surface area (TPSA) is 118 Å². The van der Waals surface area contributed by atoms with Gasteiger partial charge < -0.3 is 24.9 Å². The van der Waals surface area contributed by atoms with Crippen LogP contribution in [-0.2, 0) is 21.4 Å². The molecule has 0 saturated heterocycles. The van der Waals surface area contributed by atoms with Crippen LogP contribution < -0.4 is 23.8 Å². The molecule has 0 fully saturated rings. The van der Waals surface area contributed by atoms with Crippen LogP contribution in [0.15, 0.2) is 59.5 Å². The monoisotopic (exact) mass is 583 g/mol. The lowest BCUT2D eigenvalue weighted by atomic mass is 10.1. The molecule has 202 valence electrons. The van der Waals surface area contributed by atoms with Crippen molar-refractivity contribution in [1.29, 1.82) is 5.41 Å². The number of sulfonamides is 1. The summed E-state index contributed by atoms with van der Waals surface area (Å²) in [7, 11) is -0.258. The lowest BCUT2D eigenvalue weighted by Gasteiger charge is -2.30. The number of ether oxygens (including phenoxy) is 3. The predicted octanol–water partition coefficient (Wildman–Crippen LogP) is 4.69. The van der Waals surface area contributed by atoms with Crippen molar-refractivity contribution in [1.82, 2.24) is 5.32 Å². The van der Waals surface area contributed by atoms with Crippen LogP contribution in [0.3, 0.4) is 0 Å². The van der Waals surface area contributed by atoms with Crippen molar-refractivity contribution < 1.29 is 31.8 Å². The van der Waals surface area contributed by atoms with Gasteiger partial charge in [0.25, 0.3) is 10.0 Å². The van der Waals surface area contributed by atoms with Gasteiger partial charge in [-0.2, -0.15) is 0 Å². The van der Waals surface area contributed by atoms with E-state index in [1.807, 2.05) is 0 Å². The minimum atomic E-state index is -4.57. The Balaban J connectivity index is 2.02. The molecule has 0 aliphatic rings. The highest BCUT2D eigenvalue weighted by molar-refractivity contribution is 7.93. The van der Waals surface area contributed by atoms with Crippen LogP contribution in [0.25, 0.3) is 0 Å². The molecule has 9 nitrogen and oxygen atoms in total. The number of anilines is 1. The zero-order valence-corrected chi connectivity index (χ0v) is 22.8. The molecule has 0 aliphatic carbocycles. The summed E-state index contributed by atoms with van der Waals surface area (Å²) in [6, 6.07) is 9.78. The van der Waals surface area contributed by atoms with Gasteiger partial charge in [0.1, 0.15) is 5.82 Å². The second-order valence-corrected chi connectivity index (χ2v) is 10.4. The number of carbonyl (C=O) groups is 1. The number of amides is 1. The SMILES string of the molecule is COc1cc(CNC(=O)C(C=N)N(c2cc(Cl)ccc2F)S(=O)(=O)c2ccc(Cl)cc2)cc(OC)c1OC. The van der Waals surface area contributed by atoms with E-state index >= 15 is 0 Å². The summed E-state index contributed by atoms with van der Waals surface area (Å²) >= 11 is 11.9. The molecule has 3 aromatic carbocycles. The van der Waals surface area contributed by atoms with E-state index in [4.69, 9.17) is 42.8 Å². The molecule has 0 radical (unpaired) electrons. The van der Waals surface area contributed by atoms with Crippen molar-refractivity contribution in [2.45, 2.75) is 17.5 Å². The van der Waals surface area contributed by atoms with E-state index < -0.39 is 33.5 Å². The molecule has 0 bridgehead atoms. The van der Waals surface area contributed by atoms with Crippen LogP contribution in [0.2, 0.25) is 10.0 Å². The summed E-state index contributed by atoms with van der Waals surface area (Å²) in [5, 5.41) is 10.8. The zero-order valence-electron chi connectivity index (χ0n) is 20.5. The molecular weight excluding hydrogens is 560 g/mol. The van der Waals surface area contributed by atoms with E-state index in [9.17, 15) is 17.6 Å². The largest absolute Gasteiger partial charge is 0.493 e. The van der Waals surface area contributed by atoms with Gasteiger partial charge in [0, 0.05) is 22.8 Å². The maximum Gasteiger partial charge on any atom is 0.265 e. The number of halogens is 3. The lowest BCUT2D eigenvalue weighted by Crippen LogP contribution is -2.51. The summed E-state index contributed by atoms with van der Waals surface area (Å²) in [5.41, 5.74) is 0.0153. The van der Waals surface area contributed by atoms with Crippen molar-refractivity contribution in [2.75, 3.05) is 25.6 Å². The van der Waals surface area contributed by atoms with E-state index in [0.29, 0.717) is 33.3 Å². The van der Waals surface area contributed by atoms with Crippen LogP contribution in [0, 0.1) is 11.2 Å². The highest BCUT2D eigenvalue weighted by Gasteiger charge is 2.37. The van der Waals surface area contributed by atoms with Gasteiger partial charge in [0.15, 0.2) is 17.5 Å². The third-order valence-electron chi connectivity index (χ3n) is 5.39. The quantitative estimate of drug-likeness (QED) is 0.316. The van der Waals surface area contributed by atoms with Gasteiger partial charge in [-0.15, -0.1) is 0 Å². The highest BCUT2D eigenvalue weighted by Crippen LogP contribution is 2.38. The first-order valence-corrected chi connectivity index (χ1v) is 13.1. The van der Waals surface area contributed by atoms with E-state index in [1.165, 1.54) is 51.7 Å². The normalized spacial score (nSPS) is 11.8. The van der Waals surface area contributed by atoms with Gasteiger partial charge in [-0.3, -0.25) is 4.79 Å². The third kappa shape index (κ3) is 6.12. The van der Waals surface area contributed by atoms with Crippen LogP contribution >= 0.6 is 23.2 Å². The van der Waals surface area contributed by atoms with E-state index in [2.05, 4.69) is 5.32 Å². The fourth-order valence-corrected chi connectivity index (χ4v) is 5.44. The molecule has 13 heteroatoms. The number of benzene rings is 3. The summed E-state index contributed by atoms with van der Waals surface area (Å²) in [5.74, 6) is -0.832. The Morgan fingerprint density at radius 3 is 2.11 bits per heavy atom. The van der Waals surface area contributed by atoms with Crippen molar-refractivity contribution in [3.8, 4) is 17.2 Å². The Morgan fingerprint density at radius 1 is 1.00 bits per heavy atom. The van der Waals surface area contributed by atoms with Crippen molar-refractivity contribution >= 4 is 51.0 Å². The smallest absolute Gasteiger partial charge is 0.265 e. The first-order valence-electron chi connectivity index (χ1n) is 10.9. The Morgan fingerprint density at radius 2 is 1.58 bits per heavy atom. The second kappa shape index (κ2) is 12.3. The number of hydrogen-bond acceptors (Lipinski definition) is 7. The van der Waals surface area contributed by atoms with Crippen molar-refractivity contribution in [3.63, 3.8) is 0 Å². The Kier molecular flexibility index (Phi) is 9.42. The third-order valence-corrected chi connectivity index (χ3v) is 7.68. The van der Waals surface area contributed by atoms with E-state index in [0.717, 1.165) is 12.1 Å². The first-order chi connectivity index (χ1) is 18.1. The van der Waals surface area contributed by atoms with Gasteiger partial charge in [-0.25, -0.2) is 17.1 Å². The lowest BCUT2D eigenvalue weighted by molar-refractivity contribution is -0.120. The van der Waals surface area contributed by atoms with Gasteiger partial charge in [0.05, 0.1) is 31.9 Å². The van der Waals surface area contributed by atoms with Gasteiger partial charge in [0.2, 0.25) is 11.7 Å². The van der Waals surface area contributed by atoms with E-state index in [1.54, 1.807) is 12.1 Å². The molecule has 2 N–H and O–H groups in total. The van der Waals surface area contributed by atoms with Crippen LogP contribution in [0.1, 0.15) is 5.56 Å². The number of hydrogen-bond donors (Lipinski definition) is 2. The average Bonchev–Trinajstić information content (AvgIpc) is 2.91. The molecule has 38 heavy (non-hydrogen) atoms. The van der Waals surface area contributed by atoms with Gasteiger partial charge in [-0.1, -0.05) is 23.2 Å². The maximum absolute atomic E-state index is 14.9. The molecule has 3 aromatic rings. The molecule has 0 aromatic heterocycles. The molecule has 1 unspecified atom stereocenters. The number of rotatable bonds is 11. The Bertz CT molecular complexity index is 1410. The standard InChI is InChI=1S/C25H24Cl2FN3O6S/c1-35-22-10-15(11-23(36-2)24(22)37-3)14-30-25(32)21(13-29)31(20-12-17(27)6-9-19(20)28)38(33,34)18-7-4-16(26)5-8-18/h4-13,21,29H,14H2,1-3H3,(H,30,32). The molecule has 1 atom stereocenters. The van der Waals surface area contributed by atoms with E-state index in [-0.39, 0.29) is 21.5 Å². The number of carbonyl (C=O) groups excluding carboxylic acids is 1. The number of methoxy groups -OCH3 is 3. The Hall–Kier alpha value is -3.54. The van der Waals surface area contributed by atoms with Gasteiger partial charge in [-0.05, 0) is 60.2 Å². The molecule has 0 heterocycles. The highest BCUT2D eigenvalue weighted by atomic mass is 35.5. The number of nitrogens with zero attached hydrogens (tertiary/aromatic N) is 1. The van der Waals surface area contributed by atoms with Crippen LogP contribution in [-0.4, -0.2) is 47.9 Å². The summed E-state index contributed by atoms with van der Waals surface area (Å²) in [6.07, 6.45) is 0.596. The second-order valence-electron chi connectivity index (χ2n) is 7.71. The van der Waals surface area contributed by atoms with Crippen molar-refractivity contribution in [2.24, 2.45) is 0 Å². The molecule has 0 aliphatic heterocycles. The number of nitrogens with one attached hydrogen (secondary N) is 2. The average molecular weight is 584 g/mol. The maximum atomic E-state index is 14.9. The minimum Gasteiger partial charge on any atom is -0.493 e. The predicted molar refractivity (Wildman–Crippen MR) is 143 cm³/mol. The summed E-state index contributed by atoms with van der Waals surface area (Å²) in [6.45, 7) is -0.104. The molecule has 3 rings (SSSR count). The molecule has 0 spiro atoms. The molecule has 0 saturated carbocycles. The van der Waals surface area contributed by atoms with Crippen LogP contribution in [0.5, 0.6) is 17.2 Å². The zero-order chi connectivity index (χ0) is 28.0. The summed E-state index contributed by atoms with van der Waals surface area (Å²) < 4.78 is 58.7. The van der Waals surface area contributed by atoms with Crippen molar-refractivity contribution in [3.05, 3.63) is 76.0 Å². The van der Waals surface area contributed by atoms with Gasteiger partial charge >= 0.3 is 0 Å². The fraction of sp³-hybridized carbons (Fsp3) is 0.200. The molecule has 1 amide bonds. The minimum absolute atomic E-state index is 0.0271. The Labute approximate surface area is 229 Å². The fourth-order valence-electron chi connectivity index (χ4n) is 3.58.